The molecule has 0 spiro atoms. The fourth-order valence-electron chi connectivity index (χ4n) is 3.72. The molecule has 2 aromatic heterocycles. The number of aryl methyl sites for hydroxylation is 1. The third-order valence-electron chi connectivity index (χ3n) is 4.96. The van der Waals surface area contributed by atoms with Crippen LogP contribution in [0, 0.1) is 5.92 Å². The van der Waals surface area contributed by atoms with E-state index < -0.39 is 0 Å². The number of nitrogens with zero attached hydrogens (tertiary/aromatic N) is 2. The lowest BCUT2D eigenvalue weighted by molar-refractivity contribution is 0.0830. The van der Waals surface area contributed by atoms with E-state index in [0.29, 0.717) is 5.92 Å². The van der Waals surface area contributed by atoms with Crippen LogP contribution >= 0.6 is 0 Å². The van der Waals surface area contributed by atoms with Crippen LogP contribution in [0.15, 0.2) is 42.7 Å². The van der Waals surface area contributed by atoms with Gasteiger partial charge in [-0.05, 0) is 37.1 Å². The van der Waals surface area contributed by atoms with Crippen molar-refractivity contribution >= 4 is 10.9 Å². The van der Waals surface area contributed by atoms with Gasteiger partial charge in [0, 0.05) is 55.5 Å². The first kappa shape index (κ1) is 15.4. The largest absolute Gasteiger partial charge is 0.372 e. The smallest absolute Gasteiger partial charge is 0.103 e. The van der Waals surface area contributed by atoms with Gasteiger partial charge in [-0.15, -0.1) is 0 Å². The van der Waals surface area contributed by atoms with E-state index in [0.717, 1.165) is 32.7 Å². The van der Waals surface area contributed by atoms with Crippen molar-refractivity contribution < 1.29 is 4.74 Å². The maximum Gasteiger partial charge on any atom is 0.103 e. The van der Waals surface area contributed by atoms with Crippen LogP contribution in [0.5, 0.6) is 0 Å². The zero-order valence-electron chi connectivity index (χ0n) is 14.0. The summed E-state index contributed by atoms with van der Waals surface area (Å²) in [5, 5.41) is 9.31. The fourth-order valence-corrected chi connectivity index (χ4v) is 3.72. The summed E-state index contributed by atoms with van der Waals surface area (Å²) in [6.07, 6.45) is 5.13. The van der Waals surface area contributed by atoms with Crippen molar-refractivity contribution in [3.05, 3.63) is 54.0 Å². The van der Waals surface area contributed by atoms with E-state index in [9.17, 15) is 0 Å². The Bertz CT molecular complexity index is 806. The molecule has 2 N–H and O–H groups in total. The molecule has 0 bridgehead atoms. The van der Waals surface area contributed by atoms with E-state index in [4.69, 9.17) is 4.74 Å². The van der Waals surface area contributed by atoms with Crippen molar-refractivity contribution in [2.24, 2.45) is 5.92 Å². The van der Waals surface area contributed by atoms with Gasteiger partial charge in [0.1, 0.15) is 6.10 Å². The van der Waals surface area contributed by atoms with Crippen LogP contribution in [0.4, 0.5) is 0 Å². The van der Waals surface area contributed by atoms with Crippen molar-refractivity contribution in [2.75, 3.05) is 13.2 Å². The van der Waals surface area contributed by atoms with E-state index in [2.05, 4.69) is 52.7 Å². The number of rotatable bonds is 6. The second-order valence-corrected chi connectivity index (χ2v) is 6.40. The van der Waals surface area contributed by atoms with E-state index in [1.807, 2.05) is 17.1 Å². The number of aromatic amines is 1. The molecule has 0 amide bonds. The molecular formula is C19H24N4O. The molecule has 0 unspecified atom stereocenters. The molecule has 0 aliphatic carbocycles. The van der Waals surface area contributed by atoms with Gasteiger partial charge < -0.3 is 15.0 Å². The summed E-state index contributed by atoms with van der Waals surface area (Å²) >= 11 is 0. The van der Waals surface area contributed by atoms with E-state index in [1.165, 1.54) is 22.2 Å². The lowest BCUT2D eigenvalue weighted by atomic mass is 9.98. The Balaban J connectivity index is 1.41. The summed E-state index contributed by atoms with van der Waals surface area (Å²) in [5.74, 6) is 0.498. The normalized spacial score (nSPS) is 20.9. The van der Waals surface area contributed by atoms with Gasteiger partial charge in [0.2, 0.25) is 0 Å². The second kappa shape index (κ2) is 6.79. The van der Waals surface area contributed by atoms with Crippen molar-refractivity contribution in [3.8, 4) is 0 Å². The number of hydrogen-bond donors (Lipinski definition) is 2. The van der Waals surface area contributed by atoms with Gasteiger partial charge in [-0.3, -0.25) is 4.68 Å². The van der Waals surface area contributed by atoms with Crippen LogP contribution < -0.4 is 5.32 Å². The molecule has 5 heteroatoms. The summed E-state index contributed by atoms with van der Waals surface area (Å²) < 4.78 is 8.05. The predicted molar refractivity (Wildman–Crippen MR) is 94.7 cm³/mol. The Morgan fingerprint density at radius 1 is 1.33 bits per heavy atom. The first-order valence-corrected chi connectivity index (χ1v) is 8.76. The molecule has 24 heavy (non-hydrogen) atoms. The summed E-state index contributed by atoms with van der Waals surface area (Å²) in [7, 11) is 0. The quantitative estimate of drug-likeness (QED) is 0.732. The minimum absolute atomic E-state index is 0.156. The Morgan fingerprint density at radius 3 is 3.21 bits per heavy atom. The number of nitrogens with one attached hydrogen (secondary N) is 2. The van der Waals surface area contributed by atoms with Crippen molar-refractivity contribution in [1.29, 1.82) is 0 Å². The van der Waals surface area contributed by atoms with Crippen LogP contribution in [0.2, 0.25) is 0 Å². The van der Waals surface area contributed by atoms with Gasteiger partial charge in [-0.2, -0.15) is 5.10 Å². The summed E-state index contributed by atoms with van der Waals surface area (Å²) in [6, 6.07) is 10.7. The molecule has 1 fully saturated rings. The molecule has 2 atom stereocenters. The van der Waals surface area contributed by atoms with Crippen LogP contribution in [0.3, 0.4) is 0 Å². The maximum atomic E-state index is 6.01. The molecule has 126 valence electrons. The summed E-state index contributed by atoms with van der Waals surface area (Å²) in [4.78, 5) is 3.27. The number of hydrogen-bond acceptors (Lipinski definition) is 3. The molecular weight excluding hydrogens is 300 g/mol. The Morgan fingerprint density at radius 2 is 2.29 bits per heavy atom. The highest BCUT2D eigenvalue weighted by atomic mass is 16.5. The third-order valence-corrected chi connectivity index (χ3v) is 4.96. The molecule has 1 aliphatic heterocycles. The second-order valence-electron chi connectivity index (χ2n) is 6.40. The van der Waals surface area contributed by atoms with Crippen molar-refractivity contribution in [3.63, 3.8) is 0 Å². The standard InChI is InChI=1S/C19H24N4O/c1-2-23-18(7-10-22-23)19-15(8-11-24-19)13-20-12-14-4-3-5-17-16(14)6-9-21-17/h3-7,9-10,15,19-21H,2,8,11-13H2,1H3/t15-,19+/m0/s1. The van der Waals surface area contributed by atoms with Gasteiger partial charge in [-0.25, -0.2) is 0 Å². The highest BCUT2D eigenvalue weighted by Gasteiger charge is 2.31. The van der Waals surface area contributed by atoms with Gasteiger partial charge in [0.25, 0.3) is 0 Å². The minimum Gasteiger partial charge on any atom is -0.372 e. The summed E-state index contributed by atoms with van der Waals surface area (Å²) in [6.45, 7) is 5.68. The molecule has 1 aliphatic rings. The van der Waals surface area contributed by atoms with Crippen molar-refractivity contribution in [2.45, 2.75) is 32.5 Å². The first-order valence-electron chi connectivity index (χ1n) is 8.76. The Kier molecular flexibility index (Phi) is 4.36. The first-order chi connectivity index (χ1) is 11.9. The maximum absolute atomic E-state index is 6.01. The summed E-state index contributed by atoms with van der Waals surface area (Å²) in [5.41, 5.74) is 3.74. The fraction of sp³-hybridized carbons (Fsp3) is 0.421. The van der Waals surface area contributed by atoms with E-state index in [1.54, 1.807) is 0 Å². The molecule has 0 saturated carbocycles. The predicted octanol–water partition coefficient (Wildman–Crippen LogP) is 3.25. The topological polar surface area (TPSA) is 54.9 Å². The number of fused-ring (bicyclic) bond motifs is 1. The number of H-pyrrole nitrogens is 1. The molecule has 3 aromatic rings. The van der Waals surface area contributed by atoms with Gasteiger partial charge in [-0.1, -0.05) is 12.1 Å². The highest BCUT2D eigenvalue weighted by Crippen LogP contribution is 2.34. The van der Waals surface area contributed by atoms with Crippen molar-refractivity contribution in [1.82, 2.24) is 20.1 Å². The zero-order valence-corrected chi connectivity index (χ0v) is 14.0. The Hall–Kier alpha value is -2.11. The molecule has 3 heterocycles. The minimum atomic E-state index is 0.156. The van der Waals surface area contributed by atoms with Crippen LogP contribution in [0.1, 0.15) is 30.7 Å². The van der Waals surface area contributed by atoms with Gasteiger partial charge in [0.05, 0.1) is 5.69 Å². The SMILES string of the molecule is CCn1nccc1[C@@H]1OCC[C@H]1CNCc1cccc2[nH]ccc12. The average molecular weight is 324 g/mol. The number of ether oxygens (including phenoxy) is 1. The molecule has 1 saturated heterocycles. The third kappa shape index (κ3) is 2.85. The molecule has 0 radical (unpaired) electrons. The van der Waals surface area contributed by atoms with Crippen LogP contribution in [-0.2, 0) is 17.8 Å². The van der Waals surface area contributed by atoms with Gasteiger partial charge in [0.15, 0.2) is 0 Å². The monoisotopic (exact) mass is 324 g/mol. The Labute approximate surface area is 142 Å². The molecule has 4 rings (SSSR count). The van der Waals surface area contributed by atoms with E-state index >= 15 is 0 Å². The average Bonchev–Trinajstić information content (AvgIpc) is 3.34. The highest BCUT2D eigenvalue weighted by molar-refractivity contribution is 5.82. The van der Waals surface area contributed by atoms with Crippen LogP contribution in [-0.4, -0.2) is 27.9 Å². The molecule has 1 aromatic carbocycles. The lowest BCUT2D eigenvalue weighted by Gasteiger charge is -2.20. The molecule has 5 nitrogen and oxygen atoms in total. The number of aromatic nitrogens is 3. The number of benzene rings is 1. The van der Waals surface area contributed by atoms with E-state index in [-0.39, 0.29) is 6.10 Å². The van der Waals surface area contributed by atoms with Gasteiger partial charge >= 0.3 is 0 Å². The van der Waals surface area contributed by atoms with Crippen LogP contribution in [0.25, 0.3) is 10.9 Å². The lowest BCUT2D eigenvalue weighted by Crippen LogP contribution is -2.25. The zero-order chi connectivity index (χ0) is 16.4.